The molecule has 0 radical (unpaired) electrons. The third kappa shape index (κ3) is 3.58. The van der Waals surface area contributed by atoms with Gasteiger partial charge in [0.15, 0.2) is 0 Å². The van der Waals surface area contributed by atoms with E-state index in [0.717, 1.165) is 23.2 Å². The topological polar surface area (TPSA) is 67.1 Å². The number of nitrogens with one attached hydrogen (secondary N) is 2. The summed E-state index contributed by atoms with van der Waals surface area (Å²) >= 11 is 0. The molecule has 0 unspecified atom stereocenters. The number of benzene rings is 3. The Morgan fingerprint density at radius 3 is 2.64 bits per heavy atom. The molecule has 128 valence electrons. The van der Waals surface area contributed by atoms with Crippen LogP contribution in [0.4, 0.5) is 11.4 Å². The zero-order chi connectivity index (χ0) is 17.8. The molecule has 0 heterocycles. The minimum absolute atomic E-state index is 0.116. The fourth-order valence-electron chi connectivity index (χ4n) is 3.07. The highest BCUT2D eigenvalue weighted by molar-refractivity contribution is 6.01. The molecule has 0 aromatic heterocycles. The van der Waals surface area contributed by atoms with Crippen molar-refractivity contribution in [3.63, 3.8) is 0 Å². The Labute approximate surface area is 148 Å². The molecule has 0 bridgehead atoms. The summed E-state index contributed by atoms with van der Waals surface area (Å²) in [5.41, 5.74) is 8.90. The first kappa shape index (κ1) is 16.8. The van der Waals surface area contributed by atoms with Gasteiger partial charge in [0.25, 0.3) is 5.91 Å². The summed E-state index contributed by atoms with van der Waals surface area (Å²) in [6.07, 6.45) is 0. The molecule has 0 fully saturated rings. The van der Waals surface area contributed by atoms with E-state index in [1.54, 1.807) is 12.1 Å². The number of hydrogen-bond acceptors (Lipinski definition) is 3. The number of amides is 1. The normalized spacial score (nSPS) is 11.9. The van der Waals surface area contributed by atoms with Crippen LogP contribution < -0.4 is 16.4 Å². The molecule has 0 spiro atoms. The van der Waals surface area contributed by atoms with E-state index in [1.165, 1.54) is 5.39 Å². The Balaban J connectivity index is 1.89. The van der Waals surface area contributed by atoms with Crippen molar-refractivity contribution in [3.05, 3.63) is 71.8 Å². The summed E-state index contributed by atoms with van der Waals surface area (Å²) in [7, 11) is 0. The first-order valence-electron chi connectivity index (χ1n) is 8.52. The predicted molar refractivity (Wildman–Crippen MR) is 105 cm³/mol. The van der Waals surface area contributed by atoms with Gasteiger partial charge in [0.2, 0.25) is 0 Å². The van der Waals surface area contributed by atoms with Crippen LogP contribution in [-0.4, -0.2) is 12.5 Å². The smallest absolute Gasteiger partial charge is 0.253 e. The fourth-order valence-corrected chi connectivity index (χ4v) is 3.07. The van der Waals surface area contributed by atoms with Crippen LogP contribution in [-0.2, 0) is 0 Å². The van der Waals surface area contributed by atoms with Crippen LogP contribution in [0.5, 0.6) is 0 Å². The van der Waals surface area contributed by atoms with E-state index in [0.29, 0.717) is 11.3 Å². The molecule has 0 saturated heterocycles. The van der Waals surface area contributed by atoms with Crippen molar-refractivity contribution in [1.29, 1.82) is 0 Å². The van der Waals surface area contributed by atoms with Gasteiger partial charge < -0.3 is 16.4 Å². The summed E-state index contributed by atoms with van der Waals surface area (Å²) in [4.78, 5) is 12.8. The van der Waals surface area contributed by atoms with E-state index in [1.807, 2.05) is 38.1 Å². The highest BCUT2D eigenvalue weighted by atomic mass is 16.1. The predicted octanol–water partition coefficient (Wildman–Crippen LogP) is 4.34. The molecule has 4 heteroatoms. The maximum absolute atomic E-state index is 12.8. The van der Waals surface area contributed by atoms with Crippen LogP contribution in [0.2, 0.25) is 0 Å². The van der Waals surface area contributed by atoms with Gasteiger partial charge in [-0.15, -0.1) is 0 Å². The van der Waals surface area contributed by atoms with E-state index >= 15 is 0 Å². The minimum Gasteiger partial charge on any atom is -0.399 e. The standard InChI is InChI=1S/C21H23N3O/c1-3-23-20-12-11-16(22)13-19(20)21(25)24-14(2)17-10-6-8-15-7-4-5-9-18(15)17/h4-14,23H,3,22H2,1-2H3,(H,24,25)/t14-/m1/s1. The van der Waals surface area contributed by atoms with Crippen molar-refractivity contribution in [2.45, 2.75) is 19.9 Å². The third-order valence-corrected chi connectivity index (χ3v) is 4.29. The molecule has 3 aromatic carbocycles. The number of nitrogen functional groups attached to an aromatic ring is 1. The number of rotatable bonds is 5. The van der Waals surface area contributed by atoms with Gasteiger partial charge in [0.05, 0.1) is 11.6 Å². The zero-order valence-corrected chi connectivity index (χ0v) is 14.5. The Morgan fingerprint density at radius 1 is 1.08 bits per heavy atom. The average molecular weight is 333 g/mol. The Morgan fingerprint density at radius 2 is 1.84 bits per heavy atom. The van der Waals surface area contributed by atoms with E-state index in [4.69, 9.17) is 5.73 Å². The maximum Gasteiger partial charge on any atom is 0.253 e. The highest BCUT2D eigenvalue weighted by Crippen LogP contribution is 2.25. The van der Waals surface area contributed by atoms with Gasteiger partial charge in [0, 0.05) is 17.9 Å². The molecule has 1 atom stereocenters. The van der Waals surface area contributed by atoms with Gasteiger partial charge >= 0.3 is 0 Å². The molecule has 0 aliphatic carbocycles. The number of fused-ring (bicyclic) bond motifs is 1. The molecule has 4 nitrogen and oxygen atoms in total. The Kier molecular flexibility index (Phi) is 4.89. The molecule has 4 N–H and O–H groups in total. The van der Waals surface area contributed by atoms with Gasteiger partial charge in [0.1, 0.15) is 0 Å². The quantitative estimate of drug-likeness (QED) is 0.608. The van der Waals surface area contributed by atoms with Crippen molar-refractivity contribution in [3.8, 4) is 0 Å². The first-order valence-corrected chi connectivity index (χ1v) is 8.52. The number of carbonyl (C=O) groups excluding carboxylic acids is 1. The number of carbonyl (C=O) groups is 1. The zero-order valence-electron chi connectivity index (χ0n) is 14.5. The Bertz CT molecular complexity index is 899. The lowest BCUT2D eigenvalue weighted by Crippen LogP contribution is -2.27. The van der Waals surface area contributed by atoms with E-state index in [2.05, 4.69) is 34.9 Å². The van der Waals surface area contributed by atoms with Crippen molar-refractivity contribution in [2.75, 3.05) is 17.6 Å². The minimum atomic E-state index is -0.135. The fraction of sp³-hybridized carbons (Fsp3) is 0.190. The van der Waals surface area contributed by atoms with Crippen LogP contribution in [0.25, 0.3) is 10.8 Å². The van der Waals surface area contributed by atoms with Crippen LogP contribution >= 0.6 is 0 Å². The molecule has 25 heavy (non-hydrogen) atoms. The highest BCUT2D eigenvalue weighted by Gasteiger charge is 2.16. The summed E-state index contributed by atoms with van der Waals surface area (Å²) in [5.74, 6) is -0.135. The molecule has 0 saturated carbocycles. The maximum atomic E-state index is 12.8. The summed E-state index contributed by atoms with van der Waals surface area (Å²) in [5, 5.41) is 8.62. The number of nitrogens with two attached hydrogens (primary N) is 1. The van der Waals surface area contributed by atoms with Gasteiger partial charge in [-0.1, -0.05) is 42.5 Å². The summed E-state index contributed by atoms with van der Waals surface area (Å²) in [6, 6.07) is 19.6. The molecule has 0 aliphatic rings. The third-order valence-electron chi connectivity index (χ3n) is 4.29. The summed E-state index contributed by atoms with van der Waals surface area (Å²) < 4.78 is 0. The monoisotopic (exact) mass is 333 g/mol. The number of anilines is 2. The van der Waals surface area contributed by atoms with Crippen LogP contribution in [0.1, 0.15) is 35.8 Å². The first-order chi connectivity index (χ1) is 12.1. The van der Waals surface area contributed by atoms with Crippen LogP contribution in [0.3, 0.4) is 0 Å². The molecule has 1 amide bonds. The van der Waals surface area contributed by atoms with Gasteiger partial charge in [-0.3, -0.25) is 4.79 Å². The molecule has 3 aromatic rings. The van der Waals surface area contributed by atoms with Gasteiger partial charge in [-0.2, -0.15) is 0 Å². The molecular weight excluding hydrogens is 310 g/mol. The lowest BCUT2D eigenvalue weighted by Gasteiger charge is -2.18. The molecule has 0 aliphatic heterocycles. The van der Waals surface area contributed by atoms with Gasteiger partial charge in [-0.25, -0.2) is 0 Å². The lowest BCUT2D eigenvalue weighted by molar-refractivity contribution is 0.0941. The van der Waals surface area contributed by atoms with Crippen molar-refractivity contribution < 1.29 is 4.79 Å². The van der Waals surface area contributed by atoms with E-state index in [-0.39, 0.29) is 11.9 Å². The van der Waals surface area contributed by atoms with Gasteiger partial charge in [-0.05, 0) is 48.4 Å². The molecular formula is C21H23N3O. The van der Waals surface area contributed by atoms with Crippen molar-refractivity contribution in [2.24, 2.45) is 0 Å². The van der Waals surface area contributed by atoms with Crippen molar-refractivity contribution in [1.82, 2.24) is 5.32 Å². The lowest BCUT2D eigenvalue weighted by atomic mass is 9.99. The molecule has 3 rings (SSSR count). The number of hydrogen-bond donors (Lipinski definition) is 3. The van der Waals surface area contributed by atoms with Crippen LogP contribution in [0, 0.1) is 0 Å². The second-order valence-corrected chi connectivity index (χ2v) is 6.10. The largest absolute Gasteiger partial charge is 0.399 e. The summed E-state index contributed by atoms with van der Waals surface area (Å²) in [6.45, 7) is 4.73. The second-order valence-electron chi connectivity index (χ2n) is 6.10. The average Bonchev–Trinajstić information content (AvgIpc) is 2.62. The van der Waals surface area contributed by atoms with E-state index < -0.39 is 0 Å². The Hall–Kier alpha value is -3.01. The SMILES string of the molecule is CCNc1ccc(N)cc1C(=O)N[C@H](C)c1cccc2ccccc12. The second kappa shape index (κ2) is 7.26. The van der Waals surface area contributed by atoms with Crippen molar-refractivity contribution >= 4 is 28.1 Å². The van der Waals surface area contributed by atoms with E-state index in [9.17, 15) is 4.79 Å². The van der Waals surface area contributed by atoms with Crippen LogP contribution in [0.15, 0.2) is 60.7 Å².